The van der Waals surface area contributed by atoms with Crippen molar-refractivity contribution in [1.29, 1.82) is 0 Å². The summed E-state index contributed by atoms with van der Waals surface area (Å²) in [5.41, 5.74) is 3.97. The molecule has 0 bridgehead atoms. The summed E-state index contributed by atoms with van der Waals surface area (Å²) < 4.78 is 5.56. The minimum Gasteiger partial charge on any atom is -0.484 e. The predicted octanol–water partition coefficient (Wildman–Crippen LogP) is 4.20. The fourth-order valence-corrected chi connectivity index (χ4v) is 3.89. The van der Waals surface area contributed by atoms with Crippen LogP contribution in [0.1, 0.15) is 24.1 Å². The van der Waals surface area contributed by atoms with Crippen LogP contribution in [-0.2, 0) is 16.0 Å². The average Bonchev–Trinajstić information content (AvgIpc) is 3.52. The van der Waals surface area contributed by atoms with Crippen molar-refractivity contribution >= 4 is 28.8 Å². The van der Waals surface area contributed by atoms with Crippen LogP contribution in [-0.4, -0.2) is 29.9 Å². The minimum atomic E-state index is -0.193. The van der Waals surface area contributed by atoms with E-state index in [1.54, 1.807) is 29.5 Å². The van der Waals surface area contributed by atoms with Gasteiger partial charge in [-0.15, -0.1) is 11.3 Å². The maximum Gasteiger partial charge on any atom is 0.257 e. The van der Waals surface area contributed by atoms with Crippen molar-refractivity contribution in [3.05, 3.63) is 65.2 Å². The van der Waals surface area contributed by atoms with Gasteiger partial charge in [0.2, 0.25) is 5.91 Å². The first-order valence-electron chi connectivity index (χ1n) is 10.4. The third-order valence-corrected chi connectivity index (χ3v) is 5.91. The van der Waals surface area contributed by atoms with Crippen LogP contribution >= 0.6 is 11.3 Å². The van der Waals surface area contributed by atoms with Crippen molar-refractivity contribution in [3.8, 4) is 16.3 Å². The molecule has 4 rings (SSSR count). The van der Waals surface area contributed by atoms with Crippen molar-refractivity contribution in [2.75, 3.05) is 18.5 Å². The van der Waals surface area contributed by atoms with E-state index in [-0.39, 0.29) is 24.3 Å². The minimum absolute atomic E-state index is 0.0440. The van der Waals surface area contributed by atoms with E-state index in [1.807, 2.05) is 11.4 Å². The first-order chi connectivity index (χ1) is 15.1. The molecule has 0 unspecified atom stereocenters. The lowest BCUT2D eigenvalue weighted by molar-refractivity contribution is -0.123. The number of ether oxygens (including phenoxy) is 1. The van der Waals surface area contributed by atoms with Gasteiger partial charge in [-0.25, -0.2) is 4.98 Å². The number of thiazole rings is 1. The molecule has 1 saturated carbocycles. The molecule has 2 amide bonds. The Morgan fingerprint density at radius 3 is 2.74 bits per heavy atom. The standard InChI is InChI=1S/C24H25N3O3S/c1-16-5-7-18(8-6-16)24-27-20(15-31-24)11-12-25-22(28)14-30-21-4-2-3-19(13-21)26-23(29)17-9-10-17/h2-8,13,15,17H,9-12,14H2,1H3,(H,25,28)(H,26,29). The van der Waals surface area contributed by atoms with E-state index < -0.39 is 0 Å². The van der Waals surface area contributed by atoms with Crippen LogP contribution in [0.15, 0.2) is 53.9 Å². The second-order valence-corrected chi connectivity index (χ2v) is 8.55. The van der Waals surface area contributed by atoms with Crippen molar-refractivity contribution in [2.24, 2.45) is 5.92 Å². The lowest BCUT2D eigenvalue weighted by Crippen LogP contribution is -2.30. The average molecular weight is 436 g/mol. The maximum atomic E-state index is 12.1. The quantitative estimate of drug-likeness (QED) is 0.528. The van der Waals surface area contributed by atoms with E-state index in [0.29, 0.717) is 24.4 Å². The Labute approximate surface area is 185 Å². The zero-order chi connectivity index (χ0) is 21.6. The summed E-state index contributed by atoms with van der Waals surface area (Å²) in [4.78, 5) is 28.6. The molecule has 1 aromatic heterocycles. The number of hydrogen-bond acceptors (Lipinski definition) is 5. The number of nitrogens with zero attached hydrogens (tertiary/aromatic N) is 1. The Hall–Kier alpha value is -3.19. The molecule has 7 heteroatoms. The number of carbonyl (C=O) groups excluding carboxylic acids is 2. The Bertz CT molecular complexity index is 1060. The maximum absolute atomic E-state index is 12.1. The zero-order valence-corrected chi connectivity index (χ0v) is 18.2. The number of aryl methyl sites for hydroxylation is 1. The molecule has 0 saturated heterocycles. The SMILES string of the molecule is Cc1ccc(-c2nc(CCNC(=O)COc3cccc(NC(=O)C4CC4)c3)cs2)cc1. The third-order valence-electron chi connectivity index (χ3n) is 4.97. The molecule has 1 aliphatic carbocycles. The van der Waals surface area contributed by atoms with Gasteiger partial charge in [-0.3, -0.25) is 9.59 Å². The van der Waals surface area contributed by atoms with E-state index in [2.05, 4.69) is 46.8 Å². The lowest BCUT2D eigenvalue weighted by Gasteiger charge is -2.09. The van der Waals surface area contributed by atoms with E-state index in [0.717, 1.165) is 29.1 Å². The van der Waals surface area contributed by atoms with E-state index in [1.165, 1.54) is 5.56 Å². The number of rotatable bonds is 9. The molecule has 0 aliphatic heterocycles. The predicted molar refractivity (Wildman–Crippen MR) is 122 cm³/mol. The smallest absolute Gasteiger partial charge is 0.257 e. The molecular formula is C24H25N3O3S. The van der Waals surface area contributed by atoms with Gasteiger partial charge in [-0.2, -0.15) is 0 Å². The fraction of sp³-hybridized carbons (Fsp3) is 0.292. The van der Waals surface area contributed by atoms with Gasteiger partial charge >= 0.3 is 0 Å². The Balaban J connectivity index is 1.19. The van der Waals surface area contributed by atoms with Crippen LogP contribution in [0.4, 0.5) is 5.69 Å². The first kappa shape index (κ1) is 21.1. The van der Waals surface area contributed by atoms with Crippen LogP contribution in [0.25, 0.3) is 10.6 Å². The number of benzene rings is 2. The third kappa shape index (κ3) is 6.15. The van der Waals surface area contributed by atoms with Crippen molar-refractivity contribution in [3.63, 3.8) is 0 Å². The number of anilines is 1. The molecule has 1 fully saturated rings. The fourth-order valence-electron chi connectivity index (χ4n) is 3.03. The molecule has 160 valence electrons. The van der Waals surface area contributed by atoms with E-state index in [4.69, 9.17) is 4.74 Å². The van der Waals surface area contributed by atoms with Crippen molar-refractivity contribution < 1.29 is 14.3 Å². The van der Waals surface area contributed by atoms with Crippen LogP contribution in [0.3, 0.4) is 0 Å². The second-order valence-electron chi connectivity index (χ2n) is 7.69. The number of amides is 2. The van der Waals surface area contributed by atoms with Crippen LogP contribution in [0, 0.1) is 12.8 Å². The number of aromatic nitrogens is 1. The Morgan fingerprint density at radius 1 is 1.16 bits per heavy atom. The molecule has 1 heterocycles. The summed E-state index contributed by atoms with van der Waals surface area (Å²) in [7, 11) is 0. The van der Waals surface area contributed by atoms with Gasteiger partial charge in [0, 0.05) is 41.6 Å². The van der Waals surface area contributed by atoms with Crippen LogP contribution in [0.5, 0.6) is 5.75 Å². The molecular weight excluding hydrogens is 410 g/mol. The summed E-state index contributed by atoms with van der Waals surface area (Å²) in [6, 6.07) is 15.4. The normalized spacial score (nSPS) is 12.9. The molecule has 2 aromatic carbocycles. The topological polar surface area (TPSA) is 80.3 Å². The molecule has 31 heavy (non-hydrogen) atoms. The molecule has 0 radical (unpaired) electrons. The molecule has 1 aliphatic rings. The highest BCUT2D eigenvalue weighted by Crippen LogP contribution is 2.30. The van der Waals surface area contributed by atoms with E-state index in [9.17, 15) is 9.59 Å². The summed E-state index contributed by atoms with van der Waals surface area (Å²) in [6.45, 7) is 2.48. The molecule has 3 aromatic rings. The van der Waals surface area contributed by atoms with Crippen molar-refractivity contribution in [2.45, 2.75) is 26.2 Å². The molecule has 0 spiro atoms. The van der Waals surface area contributed by atoms with Crippen LogP contribution < -0.4 is 15.4 Å². The van der Waals surface area contributed by atoms with Gasteiger partial charge in [0.05, 0.1) is 5.69 Å². The number of nitrogens with one attached hydrogen (secondary N) is 2. The number of hydrogen-bond donors (Lipinski definition) is 2. The monoisotopic (exact) mass is 435 g/mol. The van der Waals surface area contributed by atoms with Gasteiger partial charge in [-0.1, -0.05) is 35.9 Å². The van der Waals surface area contributed by atoms with Gasteiger partial charge in [0.25, 0.3) is 5.91 Å². The van der Waals surface area contributed by atoms with Gasteiger partial charge in [-0.05, 0) is 31.9 Å². The van der Waals surface area contributed by atoms with Gasteiger partial charge in [0.15, 0.2) is 6.61 Å². The summed E-state index contributed by atoms with van der Waals surface area (Å²) in [5.74, 6) is 0.538. The van der Waals surface area contributed by atoms with E-state index >= 15 is 0 Å². The highest BCUT2D eigenvalue weighted by Gasteiger charge is 2.29. The summed E-state index contributed by atoms with van der Waals surface area (Å²) in [6.07, 6.45) is 2.57. The number of carbonyl (C=O) groups is 2. The summed E-state index contributed by atoms with van der Waals surface area (Å²) >= 11 is 1.61. The highest BCUT2D eigenvalue weighted by atomic mass is 32.1. The van der Waals surface area contributed by atoms with Gasteiger partial charge < -0.3 is 15.4 Å². The Morgan fingerprint density at radius 2 is 1.97 bits per heavy atom. The first-order valence-corrected chi connectivity index (χ1v) is 11.3. The highest BCUT2D eigenvalue weighted by molar-refractivity contribution is 7.13. The van der Waals surface area contributed by atoms with Crippen LogP contribution in [0.2, 0.25) is 0 Å². The summed E-state index contributed by atoms with van der Waals surface area (Å²) in [5, 5.41) is 8.75. The zero-order valence-electron chi connectivity index (χ0n) is 17.4. The van der Waals surface area contributed by atoms with Crippen molar-refractivity contribution in [1.82, 2.24) is 10.3 Å². The lowest BCUT2D eigenvalue weighted by atomic mass is 10.2. The molecule has 6 nitrogen and oxygen atoms in total. The Kier molecular flexibility index (Phi) is 6.62. The molecule has 2 N–H and O–H groups in total. The second kappa shape index (κ2) is 9.75. The molecule has 0 atom stereocenters. The largest absolute Gasteiger partial charge is 0.484 e. The van der Waals surface area contributed by atoms with Gasteiger partial charge in [0.1, 0.15) is 10.8 Å².